The van der Waals surface area contributed by atoms with Gasteiger partial charge in [0.1, 0.15) is 0 Å². The third-order valence-electron chi connectivity index (χ3n) is 3.68. The van der Waals surface area contributed by atoms with Gasteiger partial charge in [0.25, 0.3) is 0 Å². The third kappa shape index (κ3) is 3.95. The molecule has 108 valence electrons. The van der Waals surface area contributed by atoms with E-state index in [4.69, 9.17) is 14.0 Å². The Labute approximate surface area is 122 Å². The van der Waals surface area contributed by atoms with Gasteiger partial charge in [-0.1, -0.05) is 44.2 Å². The van der Waals surface area contributed by atoms with Crippen LogP contribution in [0, 0.1) is 0 Å². The standard InChI is InChI=1S/C16H23BO3/c1-4-10-18-11-16-12-19-17(20-16)15-8-6-14(7-9-15)13(3)5-2/h4,6-9,13,16H,1,5,10-12H2,2-3H3. The first kappa shape index (κ1) is 15.3. The fourth-order valence-electron chi connectivity index (χ4n) is 2.21. The van der Waals surface area contributed by atoms with E-state index in [2.05, 4.69) is 44.7 Å². The van der Waals surface area contributed by atoms with E-state index in [-0.39, 0.29) is 13.2 Å². The predicted octanol–water partition coefficient (Wildman–Crippen LogP) is 2.51. The van der Waals surface area contributed by atoms with Crippen molar-refractivity contribution in [2.45, 2.75) is 32.3 Å². The lowest BCUT2D eigenvalue weighted by molar-refractivity contribution is 0.0750. The summed E-state index contributed by atoms with van der Waals surface area (Å²) in [6.07, 6.45) is 2.90. The molecule has 0 amide bonds. The first-order valence-corrected chi connectivity index (χ1v) is 7.30. The zero-order valence-corrected chi connectivity index (χ0v) is 12.4. The molecule has 0 saturated carbocycles. The minimum absolute atomic E-state index is 0.00851. The van der Waals surface area contributed by atoms with Gasteiger partial charge >= 0.3 is 7.12 Å². The predicted molar refractivity (Wildman–Crippen MR) is 82.4 cm³/mol. The molecule has 2 unspecified atom stereocenters. The van der Waals surface area contributed by atoms with Crippen LogP contribution in [-0.2, 0) is 14.0 Å². The van der Waals surface area contributed by atoms with Crippen molar-refractivity contribution >= 4 is 12.6 Å². The van der Waals surface area contributed by atoms with E-state index in [0.29, 0.717) is 25.7 Å². The lowest BCUT2D eigenvalue weighted by Gasteiger charge is -2.11. The van der Waals surface area contributed by atoms with E-state index in [9.17, 15) is 0 Å². The van der Waals surface area contributed by atoms with Crippen molar-refractivity contribution in [3.8, 4) is 0 Å². The molecule has 0 N–H and O–H groups in total. The average molecular weight is 274 g/mol. The highest BCUT2D eigenvalue weighted by molar-refractivity contribution is 6.61. The maximum absolute atomic E-state index is 5.84. The summed E-state index contributed by atoms with van der Waals surface area (Å²) in [6.45, 7) is 9.74. The molecule has 20 heavy (non-hydrogen) atoms. The Hall–Kier alpha value is -1.10. The largest absolute Gasteiger partial charge is 0.494 e. The number of hydrogen-bond acceptors (Lipinski definition) is 3. The van der Waals surface area contributed by atoms with Crippen molar-refractivity contribution in [3.05, 3.63) is 42.5 Å². The minimum atomic E-state index is -0.265. The first-order chi connectivity index (χ1) is 9.74. The van der Waals surface area contributed by atoms with Crippen molar-refractivity contribution < 1.29 is 14.0 Å². The van der Waals surface area contributed by atoms with Crippen LogP contribution in [0.3, 0.4) is 0 Å². The Kier molecular flexibility index (Phi) is 5.83. The van der Waals surface area contributed by atoms with E-state index in [1.54, 1.807) is 6.08 Å². The van der Waals surface area contributed by atoms with Crippen LogP contribution in [0.25, 0.3) is 0 Å². The van der Waals surface area contributed by atoms with Crippen LogP contribution in [0.15, 0.2) is 36.9 Å². The normalized spacial score (nSPS) is 20.1. The van der Waals surface area contributed by atoms with Gasteiger partial charge in [0, 0.05) is 0 Å². The lowest BCUT2D eigenvalue weighted by Crippen LogP contribution is -2.33. The lowest BCUT2D eigenvalue weighted by atomic mass is 9.78. The van der Waals surface area contributed by atoms with Gasteiger partial charge in [0.05, 0.1) is 25.9 Å². The van der Waals surface area contributed by atoms with Crippen LogP contribution in [-0.4, -0.2) is 33.0 Å². The summed E-state index contributed by atoms with van der Waals surface area (Å²) >= 11 is 0. The fraction of sp³-hybridized carbons (Fsp3) is 0.500. The van der Waals surface area contributed by atoms with E-state index in [1.807, 2.05) is 0 Å². The van der Waals surface area contributed by atoms with Crippen LogP contribution in [0.5, 0.6) is 0 Å². The Morgan fingerprint density at radius 3 is 2.85 bits per heavy atom. The molecule has 1 fully saturated rings. The molecule has 0 aliphatic carbocycles. The van der Waals surface area contributed by atoms with E-state index < -0.39 is 0 Å². The van der Waals surface area contributed by atoms with Crippen LogP contribution in [0.4, 0.5) is 0 Å². The molecule has 1 heterocycles. The van der Waals surface area contributed by atoms with Gasteiger partial charge < -0.3 is 14.0 Å². The summed E-state index contributed by atoms with van der Waals surface area (Å²) in [6, 6.07) is 8.52. The molecule has 2 atom stereocenters. The molecule has 1 aliphatic heterocycles. The summed E-state index contributed by atoms with van der Waals surface area (Å²) < 4.78 is 16.9. The van der Waals surface area contributed by atoms with Crippen molar-refractivity contribution in [1.82, 2.24) is 0 Å². The van der Waals surface area contributed by atoms with E-state index in [1.165, 1.54) is 5.56 Å². The Morgan fingerprint density at radius 2 is 2.20 bits per heavy atom. The van der Waals surface area contributed by atoms with Crippen molar-refractivity contribution in [2.24, 2.45) is 0 Å². The first-order valence-electron chi connectivity index (χ1n) is 7.30. The Bertz CT molecular complexity index is 418. The second-order valence-corrected chi connectivity index (χ2v) is 5.23. The highest BCUT2D eigenvalue weighted by Gasteiger charge is 2.32. The zero-order chi connectivity index (χ0) is 14.4. The highest BCUT2D eigenvalue weighted by atomic mass is 16.7. The summed E-state index contributed by atoms with van der Waals surface area (Å²) in [5.41, 5.74) is 2.43. The molecule has 0 spiro atoms. The van der Waals surface area contributed by atoms with Gasteiger partial charge in [0.2, 0.25) is 0 Å². The molecular weight excluding hydrogens is 251 g/mol. The molecule has 1 aliphatic rings. The zero-order valence-electron chi connectivity index (χ0n) is 12.4. The molecule has 4 heteroatoms. The molecular formula is C16H23BO3. The quantitative estimate of drug-likeness (QED) is 0.434. The molecule has 1 aromatic rings. The molecule has 2 rings (SSSR count). The monoisotopic (exact) mass is 274 g/mol. The average Bonchev–Trinajstić information content (AvgIpc) is 2.96. The molecule has 1 saturated heterocycles. The summed E-state index contributed by atoms with van der Waals surface area (Å²) in [4.78, 5) is 0. The Balaban J connectivity index is 1.88. The smallest absolute Gasteiger partial charge is 0.405 e. The molecule has 0 bridgehead atoms. The summed E-state index contributed by atoms with van der Waals surface area (Å²) in [5.74, 6) is 0.592. The van der Waals surface area contributed by atoms with Crippen LogP contribution < -0.4 is 5.46 Å². The van der Waals surface area contributed by atoms with Gasteiger partial charge in [-0.25, -0.2) is 0 Å². The summed E-state index contributed by atoms with van der Waals surface area (Å²) in [7, 11) is -0.265. The second kappa shape index (κ2) is 7.62. The third-order valence-corrected chi connectivity index (χ3v) is 3.68. The minimum Gasteiger partial charge on any atom is -0.405 e. The molecule has 0 radical (unpaired) electrons. The highest BCUT2D eigenvalue weighted by Crippen LogP contribution is 2.18. The topological polar surface area (TPSA) is 27.7 Å². The maximum Gasteiger partial charge on any atom is 0.494 e. The fourth-order valence-corrected chi connectivity index (χ4v) is 2.21. The van der Waals surface area contributed by atoms with Crippen molar-refractivity contribution in [3.63, 3.8) is 0 Å². The SMILES string of the molecule is C=CCOCC1COB(c2ccc(C(C)CC)cc2)O1. The van der Waals surface area contributed by atoms with Gasteiger partial charge in [0.15, 0.2) is 0 Å². The van der Waals surface area contributed by atoms with Crippen LogP contribution in [0.1, 0.15) is 31.7 Å². The van der Waals surface area contributed by atoms with Crippen molar-refractivity contribution in [2.75, 3.05) is 19.8 Å². The van der Waals surface area contributed by atoms with E-state index in [0.717, 1.165) is 11.9 Å². The molecule has 0 aromatic heterocycles. The van der Waals surface area contributed by atoms with Crippen LogP contribution in [0.2, 0.25) is 0 Å². The van der Waals surface area contributed by atoms with Gasteiger partial charge in [-0.3, -0.25) is 0 Å². The van der Waals surface area contributed by atoms with Gasteiger partial charge in [-0.2, -0.15) is 0 Å². The Morgan fingerprint density at radius 1 is 1.45 bits per heavy atom. The molecule has 1 aromatic carbocycles. The van der Waals surface area contributed by atoms with Crippen LogP contribution >= 0.6 is 0 Å². The maximum atomic E-state index is 5.84. The molecule has 3 nitrogen and oxygen atoms in total. The number of ether oxygens (including phenoxy) is 1. The number of hydrogen-bond donors (Lipinski definition) is 0. The van der Waals surface area contributed by atoms with Gasteiger partial charge in [-0.05, 0) is 23.4 Å². The van der Waals surface area contributed by atoms with E-state index >= 15 is 0 Å². The van der Waals surface area contributed by atoms with Crippen molar-refractivity contribution in [1.29, 1.82) is 0 Å². The number of rotatable bonds is 7. The second-order valence-electron chi connectivity index (χ2n) is 5.23. The summed E-state index contributed by atoms with van der Waals surface area (Å²) in [5, 5.41) is 0. The van der Waals surface area contributed by atoms with Gasteiger partial charge in [-0.15, -0.1) is 6.58 Å². The number of benzene rings is 1.